The van der Waals surface area contributed by atoms with Gasteiger partial charge in [-0.25, -0.2) is 0 Å². The average molecular weight is 251 g/mol. The fraction of sp³-hybridized carbons (Fsp3) is 0.786. The summed E-state index contributed by atoms with van der Waals surface area (Å²) in [4.78, 5) is 11.9. The predicted molar refractivity (Wildman–Crippen MR) is 67.1 cm³/mol. The molecule has 1 N–H and O–H groups in total. The van der Waals surface area contributed by atoms with Crippen LogP contribution in [0.2, 0.25) is 0 Å². The Morgan fingerprint density at radius 1 is 1.17 bits per heavy atom. The van der Waals surface area contributed by atoms with E-state index in [0.29, 0.717) is 38.2 Å². The van der Waals surface area contributed by atoms with Crippen molar-refractivity contribution >= 4 is 5.91 Å². The van der Waals surface area contributed by atoms with E-state index in [4.69, 9.17) is 9.47 Å². The number of hydrogen-bond acceptors (Lipinski definition) is 3. The van der Waals surface area contributed by atoms with Gasteiger partial charge in [0.15, 0.2) is 0 Å². The van der Waals surface area contributed by atoms with Gasteiger partial charge < -0.3 is 14.8 Å². The van der Waals surface area contributed by atoms with Crippen LogP contribution in [-0.4, -0.2) is 38.4 Å². The highest BCUT2D eigenvalue weighted by molar-refractivity contribution is 5.88. The second kappa shape index (κ2) is 5.41. The molecule has 0 spiro atoms. The van der Waals surface area contributed by atoms with E-state index in [0.717, 1.165) is 0 Å². The molecule has 0 aromatic carbocycles. The molecule has 2 saturated carbocycles. The first-order valence-electron chi connectivity index (χ1n) is 7.01. The summed E-state index contributed by atoms with van der Waals surface area (Å²) in [5.74, 6) is 1.45. The molecule has 1 atom stereocenters. The number of carbonyl (C=O) groups is 1. The molecule has 3 fully saturated rings. The summed E-state index contributed by atoms with van der Waals surface area (Å²) in [6, 6.07) is 0. The van der Waals surface area contributed by atoms with Crippen molar-refractivity contribution in [3.8, 4) is 0 Å². The molecule has 2 aliphatic carbocycles. The molecule has 1 saturated heterocycles. The van der Waals surface area contributed by atoms with Crippen LogP contribution < -0.4 is 5.32 Å². The predicted octanol–water partition coefficient (Wildman–Crippen LogP) is 1.26. The first kappa shape index (κ1) is 12.2. The quantitative estimate of drug-likeness (QED) is 0.748. The number of carbonyl (C=O) groups excluding carboxylic acids is 1. The molecule has 0 unspecified atom stereocenters. The normalized spacial score (nSPS) is 27.7. The van der Waals surface area contributed by atoms with Gasteiger partial charge in [0.05, 0.1) is 25.9 Å². The lowest BCUT2D eigenvalue weighted by Crippen LogP contribution is -2.39. The Bertz CT molecular complexity index is 325. The molecule has 18 heavy (non-hydrogen) atoms. The lowest BCUT2D eigenvalue weighted by molar-refractivity contribution is -0.119. The molecule has 0 aromatic rings. The molecule has 1 heterocycles. The minimum absolute atomic E-state index is 0.0152. The van der Waals surface area contributed by atoms with Crippen molar-refractivity contribution in [2.45, 2.75) is 31.8 Å². The molecule has 4 nitrogen and oxygen atoms in total. The molecule has 0 bridgehead atoms. The Balaban J connectivity index is 1.46. The molecule has 4 heteroatoms. The van der Waals surface area contributed by atoms with Crippen molar-refractivity contribution in [3.05, 3.63) is 11.6 Å². The van der Waals surface area contributed by atoms with Crippen molar-refractivity contribution in [2.75, 3.05) is 26.4 Å². The van der Waals surface area contributed by atoms with Crippen molar-refractivity contribution < 1.29 is 14.3 Å². The van der Waals surface area contributed by atoms with E-state index in [2.05, 4.69) is 5.32 Å². The van der Waals surface area contributed by atoms with Crippen molar-refractivity contribution in [1.82, 2.24) is 5.32 Å². The summed E-state index contributed by atoms with van der Waals surface area (Å²) in [7, 11) is 0. The molecule has 100 valence electrons. The lowest BCUT2D eigenvalue weighted by atomic mass is 10.1. The first-order chi connectivity index (χ1) is 8.83. The average Bonchev–Trinajstić information content (AvgIpc) is 3.28. The van der Waals surface area contributed by atoms with E-state index in [1.54, 1.807) is 0 Å². The second-order valence-electron chi connectivity index (χ2n) is 5.51. The highest BCUT2D eigenvalue weighted by Gasteiger charge is 2.36. The summed E-state index contributed by atoms with van der Waals surface area (Å²) in [5, 5.41) is 2.93. The maximum atomic E-state index is 11.9. The second-order valence-corrected chi connectivity index (χ2v) is 5.51. The van der Waals surface area contributed by atoms with Gasteiger partial charge in [0.2, 0.25) is 5.91 Å². The SMILES string of the molecule is O=C(C=C(C1CC1)C1CC1)NC[C@H]1COCCO1. The van der Waals surface area contributed by atoms with E-state index in [-0.39, 0.29) is 12.0 Å². The largest absolute Gasteiger partial charge is 0.376 e. The molecule has 3 aliphatic rings. The summed E-state index contributed by atoms with van der Waals surface area (Å²) in [6.45, 7) is 2.43. The highest BCUT2D eigenvalue weighted by atomic mass is 16.6. The topological polar surface area (TPSA) is 47.6 Å². The van der Waals surface area contributed by atoms with Gasteiger partial charge >= 0.3 is 0 Å². The molecule has 3 rings (SSSR count). The zero-order valence-electron chi connectivity index (χ0n) is 10.7. The monoisotopic (exact) mass is 251 g/mol. The number of hydrogen-bond donors (Lipinski definition) is 1. The van der Waals surface area contributed by atoms with Gasteiger partial charge in [-0.15, -0.1) is 0 Å². The highest BCUT2D eigenvalue weighted by Crippen LogP contribution is 2.48. The Kier molecular flexibility index (Phi) is 3.66. The van der Waals surface area contributed by atoms with Crippen LogP contribution in [0.1, 0.15) is 25.7 Å². The van der Waals surface area contributed by atoms with Crippen LogP contribution in [0.5, 0.6) is 0 Å². The minimum Gasteiger partial charge on any atom is -0.376 e. The summed E-state index contributed by atoms with van der Waals surface area (Å²) in [6.07, 6.45) is 6.95. The van der Waals surface area contributed by atoms with Crippen molar-refractivity contribution in [2.24, 2.45) is 11.8 Å². The number of amides is 1. The molecular formula is C14H21NO3. The summed E-state index contributed by atoms with van der Waals surface area (Å²) >= 11 is 0. The van der Waals surface area contributed by atoms with E-state index in [1.165, 1.54) is 31.3 Å². The molecular weight excluding hydrogens is 230 g/mol. The summed E-state index contributed by atoms with van der Waals surface area (Å²) in [5.41, 5.74) is 1.40. The van der Waals surface area contributed by atoms with Crippen LogP contribution >= 0.6 is 0 Å². The van der Waals surface area contributed by atoms with E-state index < -0.39 is 0 Å². The van der Waals surface area contributed by atoms with Crippen LogP contribution in [-0.2, 0) is 14.3 Å². The molecule has 0 radical (unpaired) electrons. The Morgan fingerprint density at radius 3 is 2.44 bits per heavy atom. The Hall–Kier alpha value is -0.870. The van der Waals surface area contributed by atoms with Crippen molar-refractivity contribution in [3.63, 3.8) is 0 Å². The third-order valence-corrected chi connectivity index (χ3v) is 3.78. The number of allylic oxidation sites excluding steroid dienone is 1. The Labute approximate surface area is 108 Å². The van der Waals surface area contributed by atoms with E-state index in [9.17, 15) is 4.79 Å². The van der Waals surface area contributed by atoms with Gasteiger partial charge in [-0.1, -0.05) is 5.57 Å². The minimum atomic E-state index is 0.0152. The zero-order chi connectivity index (χ0) is 12.4. The maximum absolute atomic E-state index is 11.9. The van der Waals surface area contributed by atoms with Crippen LogP contribution in [0.4, 0.5) is 0 Å². The smallest absolute Gasteiger partial charge is 0.244 e. The van der Waals surface area contributed by atoms with Crippen molar-refractivity contribution in [1.29, 1.82) is 0 Å². The van der Waals surface area contributed by atoms with E-state index in [1.807, 2.05) is 6.08 Å². The van der Waals surface area contributed by atoms with Gasteiger partial charge in [0.1, 0.15) is 0 Å². The van der Waals surface area contributed by atoms with Crippen LogP contribution in [0.3, 0.4) is 0 Å². The van der Waals surface area contributed by atoms with Gasteiger partial charge in [-0.3, -0.25) is 4.79 Å². The maximum Gasteiger partial charge on any atom is 0.244 e. The van der Waals surface area contributed by atoms with Gasteiger partial charge in [-0.2, -0.15) is 0 Å². The van der Waals surface area contributed by atoms with Crippen LogP contribution in [0.25, 0.3) is 0 Å². The fourth-order valence-corrected chi connectivity index (χ4v) is 2.47. The Morgan fingerprint density at radius 2 is 1.89 bits per heavy atom. The first-order valence-corrected chi connectivity index (χ1v) is 7.01. The number of rotatable bonds is 5. The zero-order valence-corrected chi connectivity index (χ0v) is 10.7. The van der Waals surface area contributed by atoms with E-state index >= 15 is 0 Å². The van der Waals surface area contributed by atoms with Gasteiger partial charge in [0.25, 0.3) is 0 Å². The third kappa shape index (κ3) is 3.33. The third-order valence-electron chi connectivity index (χ3n) is 3.78. The standard InChI is InChI=1S/C14H21NO3/c16-14(15-8-12-9-17-5-6-18-12)7-13(10-1-2-10)11-3-4-11/h7,10-12H,1-6,8-9H2,(H,15,16)/t12-/m0/s1. The number of ether oxygens (including phenoxy) is 2. The van der Waals surface area contributed by atoms with Gasteiger partial charge in [0, 0.05) is 12.6 Å². The van der Waals surface area contributed by atoms with Crippen LogP contribution in [0.15, 0.2) is 11.6 Å². The fourth-order valence-electron chi connectivity index (χ4n) is 2.47. The van der Waals surface area contributed by atoms with Gasteiger partial charge in [-0.05, 0) is 37.5 Å². The molecule has 1 aliphatic heterocycles. The van der Waals surface area contributed by atoms with Crippen LogP contribution in [0, 0.1) is 11.8 Å². The summed E-state index contributed by atoms with van der Waals surface area (Å²) < 4.78 is 10.8. The molecule has 0 aromatic heterocycles. The number of nitrogens with one attached hydrogen (secondary N) is 1. The lowest BCUT2D eigenvalue weighted by Gasteiger charge is -2.22. The molecule has 1 amide bonds.